The Morgan fingerprint density at radius 2 is 1.92 bits per heavy atom. The number of amides is 1. The highest BCUT2D eigenvalue weighted by atomic mass is 127. The van der Waals surface area contributed by atoms with E-state index in [9.17, 15) is 4.79 Å². The summed E-state index contributed by atoms with van der Waals surface area (Å²) in [7, 11) is 0. The lowest BCUT2D eigenvalue weighted by Gasteiger charge is -2.21. The predicted molar refractivity (Wildman–Crippen MR) is 65.1 cm³/mol. The smallest absolute Gasteiger partial charge is 0.223 e. The molecule has 0 aromatic heterocycles. The van der Waals surface area contributed by atoms with Crippen molar-refractivity contribution in [2.24, 2.45) is 11.8 Å². The van der Waals surface area contributed by atoms with Crippen molar-refractivity contribution >= 4 is 28.5 Å². The van der Waals surface area contributed by atoms with Crippen molar-refractivity contribution < 1.29 is 4.79 Å². The fourth-order valence-corrected chi connectivity index (χ4v) is 2.13. The van der Waals surface area contributed by atoms with Gasteiger partial charge in [-0.2, -0.15) is 0 Å². The highest BCUT2D eigenvalue weighted by Gasteiger charge is 2.17. The molecule has 3 heteroatoms. The molecule has 1 amide bonds. The van der Waals surface area contributed by atoms with E-state index >= 15 is 0 Å². The van der Waals surface area contributed by atoms with Crippen molar-refractivity contribution in [1.29, 1.82) is 0 Å². The van der Waals surface area contributed by atoms with E-state index in [1.807, 2.05) is 13.8 Å². The SMILES string of the molecule is CCC(C)C(=O)NC(CI)C(C)C. The molecule has 0 radical (unpaired) electrons. The topological polar surface area (TPSA) is 29.1 Å². The molecular weight excluding hydrogens is 277 g/mol. The Bertz CT molecular complexity index is 159. The third-order valence-electron chi connectivity index (χ3n) is 2.36. The first kappa shape index (κ1) is 13.2. The Morgan fingerprint density at radius 3 is 2.23 bits per heavy atom. The van der Waals surface area contributed by atoms with Crippen LogP contribution < -0.4 is 5.32 Å². The van der Waals surface area contributed by atoms with Crippen LogP contribution in [0.2, 0.25) is 0 Å². The molecule has 0 saturated carbocycles. The molecule has 0 saturated heterocycles. The van der Waals surface area contributed by atoms with Gasteiger partial charge >= 0.3 is 0 Å². The molecule has 0 aliphatic heterocycles. The summed E-state index contributed by atoms with van der Waals surface area (Å²) in [4.78, 5) is 11.5. The van der Waals surface area contributed by atoms with Crippen LogP contribution in [0.3, 0.4) is 0 Å². The zero-order valence-corrected chi connectivity index (χ0v) is 11.1. The second kappa shape index (κ2) is 6.62. The maximum absolute atomic E-state index is 11.5. The average molecular weight is 297 g/mol. The molecular formula is C10H20INO. The minimum absolute atomic E-state index is 0.143. The summed E-state index contributed by atoms with van der Waals surface area (Å²) in [6.45, 7) is 8.29. The van der Waals surface area contributed by atoms with Crippen LogP contribution in [-0.4, -0.2) is 16.4 Å². The van der Waals surface area contributed by atoms with Crippen molar-refractivity contribution in [3.05, 3.63) is 0 Å². The lowest BCUT2D eigenvalue weighted by Crippen LogP contribution is -2.42. The molecule has 0 rings (SSSR count). The van der Waals surface area contributed by atoms with Gasteiger partial charge in [-0.05, 0) is 12.3 Å². The summed E-state index contributed by atoms with van der Waals surface area (Å²) >= 11 is 2.32. The number of alkyl halides is 1. The van der Waals surface area contributed by atoms with Gasteiger partial charge in [0.05, 0.1) is 0 Å². The summed E-state index contributed by atoms with van der Waals surface area (Å²) in [5.41, 5.74) is 0. The number of rotatable bonds is 5. The van der Waals surface area contributed by atoms with Crippen LogP contribution >= 0.6 is 22.6 Å². The number of carbonyl (C=O) groups is 1. The van der Waals surface area contributed by atoms with Crippen molar-refractivity contribution in [1.82, 2.24) is 5.32 Å². The minimum Gasteiger partial charge on any atom is -0.352 e. The van der Waals surface area contributed by atoms with E-state index in [4.69, 9.17) is 0 Å². The van der Waals surface area contributed by atoms with Crippen LogP contribution in [0, 0.1) is 11.8 Å². The standard InChI is InChI=1S/C10H20INO/c1-5-8(4)10(13)12-9(6-11)7(2)3/h7-9H,5-6H2,1-4H3,(H,12,13). The molecule has 2 nitrogen and oxygen atoms in total. The van der Waals surface area contributed by atoms with Gasteiger partial charge in [0.15, 0.2) is 0 Å². The fourth-order valence-electron chi connectivity index (χ4n) is 0.894. The van der Waals surface area contributed by atoms with E-state index in [1.165, 1.54) is 0 Å². The van der Waals surface area contributed by atoms with Gasteiger partial charge < -0.3 is 5.32 Å². The Kier molecular flexibility index (Phi) is 6.73. The number of halogens is 1. The molecule has 0 aromatic carbocycles. The largest absolute Gasteiger partial charge is 0.352 e. The third-order valence-corrected chi connectivity index (χ3v) is 3.31. The van der Waals surface area contributed by atoms with Crippen molar-refractivity contribution in [3.63, 3.8) is 0 Å². The van der Waals surface area contributed by atoms with Crippen molar-refractivity contribution in [2.45, 2.75) is 40.2 Å². The second-order valence-corrected chi connectivity index (χ2v) is 4.70. The molecule has 0 fully saturated rings. The highest BCUT2D eigenvalue weighted by molar-refractivity contribution is 14.1. The summed E-state index contributed by atoms with van der Waals surface area (Å²) in [6.07, 6.45) is 0.915. The number of hydrogen-bond acceptors (Lipinski definition) is 1. The fraction of sp³-hybridized carbons (Fsp3) is 0.900. The molecule has 0 aromatic rings. The monoisotopic (exact) mass is 297 g/mol. The van der Waals surface area contributed by atoms with Gasteiger partial charge in [0.2, 0.25) is 5.91 Å². The van der Waals surface area contributed by atoms with Crippen molar-refractivity contribution in [2.75, 3.05) is 4.43 Å². The van der Waals surface area contributed by atoms with Crippen LogP contribution in [0.1, 0.15) is 34.1 Å². The molecule has 2 atom stereocenters. The normalized spacial score (nSPS) is 15.5. The Labute approximate surface area is 95.0 Å². The van der Waals surface area contributed by atoms with Crippen LogP contribution in [-0.2, 0) is 4.79 Å². The number of nitrogens with one attached hydrogen (secondary N) is 1. The van der Waals surface area contributed by atoms with Gasteiger partial charge in [-0.1, -0.05) is 50.3 Å². The first-order valence-electron chi connectivity index (χ1n) is 4.89. The number of hydrogen-bond donors (Lipinski definition) is 1. The molecule has 13 heavy (non-hydrogen) atoms. The van der Waals surface area contributed by atoms with E-state index in [1.54, 1.807) is 0 Å². The molecule has 1 N–H and O–H groups in total. The van der Waals surface area contributed by atoms with E-state index in [2.05, 4.69) is 41.8 Å². The minimum atomic E-state index is 0.143. The zero-order chi connectivity index (χ0) is 10.4. The quantitative estimate of drug-likeness (QED) is 0.613. The van der Waals surface area contributed by atoms with E-state index < -0.39 is 0 Å². The molecule has 78 valence electrons. The first-order chi connectivity index (χ1) is 6.02. The zero-order valence-electron chi connectivity index (χ0n) is 8.93. The lowest BCUT2D eigenvalue weighted by atomic mass is 10.0. The molecule has 0 spiro atoms. The van der Waals surface area contributed by atoms with Gasteiger partial charge in [0.25, 0.3) is 0 Å². The van der Waals surface area contributed by atoms with Crippen LogP contribution in [0.4, 0.5) is 0 Å². The van der Waals surface area contributed by atoms with E-state index in [-0.39, 0.29) is 11.8 Å². The number of carbonyl (C=O) groups excluding carboxylic acids is 1. The van der Waals surface area contributed by atoms with Crippen LogP contribution in [0.25, 0.3) is 0 Å². The maximum atomic E-state index is 11.5. The summed E-state index contributed by atoms with van der Waals surface area (Å²) < 4.78 is 0.984. The van der Waals surface area contributed by atoms with Gasteiger partial charge in [-0.15, -0.1) is 0 Å². The lowest BCUT2D eigenvalue weighted by molar-refractivity contribution is -0.125. The Hall–Kier alpha value is 0.200. The molecule has 0 heterocycles. The molecule has 0 aliphatic carbocycles. The second-order valence-electron chi connectivity index (χ2n) is 3.82. The molecule has 0 aliphatic rings. The van der Waals surface area contributed by atoms with E-state index in [0.29, 0.717) is 12.0 Å². The third kappa shape index (κ3) is 4.84. The summed E-state index contributed by atoms with van der Waals surface area (Å²) in [5, 5.41) is 3.07. The van der Waals surface area contributed by atoms with Crippen LogP contribution in [0.5, 0.6) is 0 Å². The molecule has 2 unspecified atom stereocenters. The van der Waals surface area contributed by atoms with E-state index in [0.717, 1.165) is 10.8 Å². The highest BCUT2D eigenvalue weighted by Crippen LogP contribution is 2.07. The average Bonchev–Trinajstić information content (AvgIpc) is 2.11. The Balaban J connectivity index is 4.01. The van der Waals surface area contributed by atoms with Gasteiger partial charge in [0, 0.05) is 16.4 Å². The van der Waals surface area contributed by atoms with Crippen LogP contribution in [0.15, 0.2) is 0 Å². The summed E-state index contributed by atoms with van der Waals surface area (Å²) in [6, 6.07) is 0.321. The first-order valence-corrected chi connectivity index (χ1v) is 6.41. The van der Waals surface area contributed by atoms with Gasteiger partial charge in [0.1, 0.15) is 0 Å². The summed E-state index contributed by atoms with van der Waals surface area (Å²) in [5.74, 6) is 0.854. The van der Waals surface area contributed by atoms with Gasteiger partial charge in [-0.3, -0.25) is 4.79 Å². The van der Waals surface area contributed by atoms with Crippen molar-refractivity contribution in [3.8, 4) is 0 Å². The molecule has 0 bridgehead atoms. The van der Waals surface area contributed by atoms with Gasteiger partial charge in [-0.25, -0.2) is 0 Å². The predicted octanol–water partition coefficient (Wildman–Crippen LogP) is 2.61. The Morgan fingerprint density at radius 1 is 1.38 bits per heavy atom. The maximum Gasteiger partial charge on any atom is 0.223 e.